The molecule has 0 aromatic heterocycles. The van der Waals surface area contributed by atoms with E-state index in [4.69, 9.17) is 9.47 Å². The summed E-state index contributed by atoms with van der Waals surface area (Å²) in [7, 11) is 3.26. The Hall–Kier alpha value is -3.25. The fraction of sp³-hybridized carbons (Fsp3) is 0.222. The molecule has 6 heteroatoms. The lowest BCUT2D eigenvalue weighted by Crippen LogP contribution is -2.26. The van der Waals surface area contributed by atoms with Crippen LogP contribution in [-0.2, 0) is 4.79 Å². The van der Waals surface area contributed by atoms with Crippen molar-refractivity contribution < 1.29 is 14.3 Å². The van der Waals surface area contributed by atoms with Crippen LogP contribution in [0, 0.1) is 0 Å². The Kier molecular flexibility index (Phi) is 5.85. The highest BCUT2D eigenvalue weighted by Gasteiger charge is 2.36. The number of hydrogen-bond acceptors (Lipinski definition) is 5. The number of ketones is 1. The van der Waals surface area contributed by atoms with Crippen molar-refractivity contribution in [3.05, 3.63) is 93.6 Å². The summed E-state index contributed by atoms with van der Waals surface area (Å²) in [5.74, 6) is 1.56. The van der Waals surface area contributed by atoms with Gasteiger partial charge in [0.05, 0.1) is 31.6 Å². The molecule has 33 heavy (non-hydrogen) atoms. The van der Waals surface area contributed by atoms with E-state index in [1.165, 1.54) is 0 Å². The van der Waals surface area contributed by atoms with Gasteiger partial charge in [-0.15, -0.1) is 0 Å². The van der Waals surface area contributed by atoms with Gasteiger partial charge in [0.2, 0.25) is 0 Å². The molecular formula is C27H25BrN2O3. The summed E-state index contributed by atoms with van der Waals surface area (Å²) < 4.78 is 11.9. The zero-order chi connectivity index (χ0) is 22.9. The molecule has 0 saturated carbocycles. The van der Waals surface area contributed by atoms with Gasteiger partial charge in [0.25, 0.3) is 0 Å². The van der Waals surface area contributed by atoms with Crippen LogP contribution in [0.25, 0.3) is 0 Å². The van der Waals surface area contributed by atoms with E-state index < -0.39 is 0 Å². The molecule has 2 atom stereocenters. The summed E-state index contributed by atoms with van der Waals surface area (Å²) in [6.45, 7) is 0. The molecule has 0 bridgehead atoms. The lowest BCUT2D eigenvalue weighted by atomic mass is 9.78. The number of carbonyl (C=O) groups is 1. The lowest BCUT2D eigenvalue weighted by molar-refractivity contribution is -0.116. The molecule has 1 aliphatic heterocycles. The van der Waals surface area contributed by atoms with E-state index in [-0.39, 0.29) is 17.7 Å². The van der Waals surface area contributed by atoms with Crippen molar-refractivity contribution >= 4 is 33.1 Å². The highest BCUT2D eigenvalue weighted by Crippen LogP contribution is 2.45. The molecule has 0 unspecified atom stereocenters. The van der Waals surface area contributed by atoms with Gasteiger partial charge in [-0.1, -0.05) is 46.3 Å². The van der Waals surface area contributed by atoms with Gasteiger partial charge in [0, 0.05) is 22.2 Å². The Morgan fingerprint density at radius 1 is 0.848 bits per heavy atom. The zero-order valence-electron chi connectivity index (χ0n) is 18.5. The molecule has 0 spiro atoms. The van der Waals surface area contributed by atoms with E-state index in [2.05, 4.69) is 38.7 Å². The topological polar surface area (TPSA) is 59.6 Å². The third-order valence-corrected chi connectivity index (χ3v) is 6.86. The van der Waals surface area contributed by atoms with Crippen LogP contribution in [0.5, 0.6) is 11.5 Å². The number of methoxy groups -OCH3 is 2. The number of benzene rings is 3. The lowest BCUT2D eigenvalue weighted by Gasteiger charge is -2.30. The maximum Gasteiger partial charge on any atom is 0.163 e. The third-order valence-electron chi connectivity index (χ3n) is 6.37. The number of anilines is 2. The monoisotopic (exact) mass is 504 g/mol. The predicted octanol–water partition coefficient (Wildman–Crippen LogP) is 6.45. The van der Waals surface area contributed by atoms with Crippen LogP contribution in [-0.4, -0.2) is 20.0 Å². The number of fused-ring (bicyclic) bond motifs is 1. The molecule has 1 heterocycles. The Balaban J connectivity index is 1.58. The van der Waals surface area contributed by atoms with Crippen molar-refractivity contribution in [2.24, 2.45) is 0 Å². The van der Waals surface area contributed by atoms with Crippen LogP contribution in [0.2, 0.25) is 0 Å². The quantitative estimate of drug-likeness (QED) is 0.427. The van der Waals surface area contributed by atoms with Crippen molar-refractivity contribution in [2.75, 3.05) is 24.9 Å². The largest absolute Gasteiger partial charge is 0.493 e. The molecule has 1 aliphatic carbocycles. The molecule has 168 valence electrons. The van der Waals surface area contributed by atoms with Crippen LogP contribution >= 0.6 is 15.9 Å². The van der Waals surface area contributed by atoms with Crippen molar-refractivity contribution in [3.63, 3.8) is 0 Å². The molecule has 0 fully saturated rings. The molecule has 0 saturated heterocycles. The van der Waals surface area contributed by atoms with Crippen LogP contribution in [0.3, 0.4) is 0 Å². The van der Waals surface area contributed by atoms with Crippen LogP contribution in [0.1, 0.15) is 35.9 Å². The number of nitrogens with one attached hydrogen (secondary N) is 2. The normalized spacial score (nSPS) is 19.5. The van der Waals surface area contributed by atoms with E-state index in [1.54, 1.807) is 14.2 Å². The number of Topliss-reactive ketones (excluding diaryl/α,β-unsaturated/α-hetero) is 1. The first-order valence-electron chi connectivity index (χ1n) is 10.9. The van der Waals surface area contributed by atoms with Gasteiger partial charge in [-0.05, 0) is 59.9 Å². The summed E-state index contributed by atoms with van der Waals surface area (Å²) in [5, 5.41) is 7.21. The number of carbonyl (C=O) groups excluding carboxylic acids is 1. The van der Waals surface area contributed by atoms with Gasteiger partial charge >= 0.3 is 0 Å². The van der Waals surface area contributed by atoms with Gasteiger partial charge in [-0.25, -0.2) is 0 Å². The highest BCUT2D eigenvalue weighted by molar-refractivity contribution is 9.10. The van der Waals surface area contributed by atoms with E-state index in [1.807, 2.05) is 54.6 Å². The SMILES string of the molecule is COc1ccc([C@H]2CC(=O)C3=C(C2)Nc2ccccc2N[C@H]3c2cccc(Br)c2)cc1OC. The predicted molar refractivity (Wildman–Crippen MR) is 134 cm³/mol. The van der Waals surface area contributed by atoms with Gasteiger partial charge in [0.15, 0.2) is 17.3 Å². The highest BCUT2D eigenvalue weighted by atomic mass is 79.9. The average Bonchev–Trinajstić information content (AvgIpc) is 3.00. The summed E-state index contributed by atoms with van der Waals surface area (Å²) in [6.07, 6.45) is 1.18. The van der Waals surface area contributed by atoms with Crippen molar-refractivity contribution in [1.82, 2.24) is 0 Å². The fourth-order valence-corrected chi connectivity index (χ4v) is 5.19. The standard InChI is InChI=1S/C27H25BrN2O3/c1-32-24-11-10-16(15-25(24)33-2)18-13-22-26(23(31)14-18)27(17-6-5-7-19(28)12-17)30-21-9-4-3-8-20(21)29-22/h3-12,15,18,27,29-30H,13-14H2,1-2H3/t18-,27+/m1/s1. The third kappa shape index (κ3) is 4.11. The van der Waals surface area contributed by atoms with E-state index in [0.29, 0.717) is 17.9 Å². The summed E-state index contributed by atoms with van der Waals surface area (Å²) >= 11 is 3.58. The summed E-state index contributed by atoms with van der Waals surface area (Å²) in [4.78, 5) is 13.7. The number of allylic oxidation sites excluding steroid dienone is 1. The second-order valence-corrected chi connectivity index (χ2v) is 9.25. The smallest absolute Gasteiger partial charge is 0.163 e. The number of halogens is 1. The first kappa shape index (κ1) is 21.6. The minimum atomic E-state index is -0.229. The molecule has 3 aromatic carbocycles. The molecule has 0 amide bonds. The Labute approximate surface area is 201 Å². The number of rotatable bonds is 4. The maximum atomic E-state index is 13.7. The first-order valence-corrected chi connectivity index (χ1v) is 11.7. The second-order valence-electron chi connectivity index (χ2n) is 8.34. The van der Waals surface area contributed by atoms with Gasteiger partial charge in [-0.3, -0.25) is 4.79 Å². The Morgan fingerprint density at radius 2 is 1.64 bits per heavy atom. The zero-order valence-corrected chi connectivity index (χ0v) is 20.1. The molecule has 5 rings (SSSR count). The Morgan fingerprint density at radius 3 is 2.39 bits per heavy atom. The van der Waals surface area contributed by atoms with E-state index in [0.717, 1.165) is 44.7 Å². The summed E-state index contributed by atoms with van der Waals surface area (Å²) in [6, 6.07) is 21.9. The second kappa shape index (κ2) is 8.94. The average molecular weight is 505 g/mol. The summed E-state index contributed by atoms with van der Waals surface area (Å²) in [5.41, 5.74) is 5.84. The number of para-hydroxylation sites is 2. The number of hydrogen-bond donors (Lipinski definition) is 2. The van der Waals surface area contributed by atoms with Gasteiger partial charge in [0.1, 0.15) is 0 Å². The van der Waals surface area contributed by atoms with Crippen LogP contribution in [0.4, 0.5) is 11.4 Å². The maximum absolute atomic E-state index is 13.7. The molecule has 2 N–H and O–H groups in total. The van der Waals surface area contributed by atoms with Gasteiger partial charge in [-0.2, -0.15) is 0 Å². The molecule has 2 aliphatic rings. The Bertz CT molecular complexity index is 1250. The van der Waals surface area contributed by atoms with Crippen LogP contribution < -0.4 is 20.1 Å². The van der Waals surface area contributed by atoms with Crippen molar-refractivity contribution in [2.45, 2.75) is 24.8 Å². The first-order chi connectivity index (χ1) is 16.1. The van der Waals surface area contributed by atoms with Crippen LogP contribution in [0.15, 0.2) is 82.5 Å². The molecule has 0 radical (unpaired) electrons. The van der Waals surface area contributed by atoms with E-state index in [9.17, 15) is 4.79 Å². The molecule has 5 nitrogen and oxygen atoms in total. The van der Waals surface area contributed by atoms with E-state index >= 15 is 0 Å². The minimum absolute atomic E-state index is 0.0528. The minimum Gasteiger partial charge on any atom is -0.493 e. The fourth-order valence-electron chi connectivity index (χ4n) is 4.77. The number of ether oxygens (including phenoxy) is 2. The van der Waals surface area contributed by atoms with Gasteiger partial charge < -0.3 is 20.1 Å². The van der Waals surface area contributed by atoms with Crippen molar-refractivity contribution in [1.29, 1.82) is 0 Å². The molecular weight excluding hydrogens is 480 g/mol. The van der Waals surface area contributed by atoms with Crippen molar-refractivity contribution in [3.8, 4) is 11.5 Å². The molecule has 3 aromatic rings.